The van der Waals surface area contributed by atoms with Crippen LogP contribution in [0.4, 0.5) is 0 Å². The molecule has 0 bridgehead atoms. The highest BCUT2D eigenvalue weighted by Crippen LogP contribution is 2.33. The molecule has 1 fully saturated rings. The summed E-state index contributed by atoms with van der Waals surface area (Å²) in [7, 11) is -0.619. The van der Waals surface area contributed by atoms with Gasteiger partial charge in [0.1, 0.15) is 0 Å². The lowest BCUT2D eigenvalue weighted by molar-refractivity contribution is 0.110. The fraction of sp³-hybridized carbons (Fsp3) is 0.818. The summed E-state index contributed by atoms with van der Waals surface area (Å²) in [5, 5.41) is 0. The minimum atomic E-state index is -0.619. The van der Waals surface area contributed by atoms with Crippen molar-refractivity contribution in [2.45, 2.75) is 33.1 Å². The molecule has 0 radical (unpaired) electrons. The van der Waals surface area contributed by atoms with Gasteiger partial charge < -0.3 is 4.74 Å². The third-order valence-corrected chi connectivity index (χ3v) is 4.60. The van der Waals surface area contributed by atoms with E-state index < -0.39 is 10.8 Å². The van der Waals surface area contributed by atoms with E-state index in [0.29, 0.717) is 0 Å². The Morgan fingerprint density at radius 1 is 1.57 bits per heavy atom. The van der Waals surface area contributed by atoms with Gasteiger partial charge in [0, 0.05) is 27.7 Å². The lowest BCUT2D eigenvalue weighted by atomic mass is 9.83. The first-order chi connectivity index (χ1) is 6.72. The molecule has 0 N–H and O–H groups in total. The Morgan fingerprint density at radius 3 is 2.93 bits per heavy atom. The Kier molecular flexibility index (Phi) is 4.66. The maximum atomic E-state index is 11.5. The molecular formula is C11H20O2S. The molecule has 82 valence electrons. The average Bonchev–Trinajstić information content (AvgIpc) is 2.18. The van der Waals surface area contributed by atoms with Crippen LogP contribution >= 0.6 is 0 Å². The summed E-state index contributed by atoms with van der Waals surface area (Å²) >= 11 is 0. The standard InChI is InChI=1S/C11H20O2S/c1-3-7-13-9-11(4-2)6-5-8-14(12)10-11/h3,7H,4-6,8-10H2,1-2H3/b7-3+. The fourth-order valence-electron chi connectivity index (χ4n) is 1.91. The molecule has 0 aromatic rings. The van der Waals surface area contributed by atoms with E-state index in [-0.39, 0.29) is 5.41 Å². The Hall–Kier alpha value is -0.310. The molecule has 1 saturated heterocycles. The molecule has 14 heavy (non-hydrogen) atoms. The first kappa shape index (κ1) is 11.8. The van der Waals surface area contributed by atoms with Gasteiger partial charge in [0.05, 0.1) is 12.9 Å². The van der Waals surface area contributed by atoms with Crippen LogP contribution in [0.3, 0.4) is 0 Å². The van der Waals surface area contributed by atoms with Gasteiger partial charge in [-0.05, 0) is 26.2 Å². The Labute approximate surface area is 89.2 Å². The second kappa shape index (κ2) is 5.54. The van der Waals surface area contributed by atoms with Gasteiger partial charge in [-0.2, -0.15) is 0 Å². The van der Waals surface area contributed by atoms with E-state index in [0.717, 1.165) is 37.4 Å². The van der Waals surface area contributed by atoms with Crippen molar-refractivity contribution in [1.82, 2.24) is 0 Å². The molecule has 0 aromatic heterocycles. The Morgan fingerprint density at radius 2 is 2.36 bits per heavy atom. The number of hydrogen-bond acceptors (Lipinski definition) is 2. The van der Waals surface area contributed by atoms with Crippen LogP contribution in [0.25, 0.3) is 0 Å². The van der Waals surface area contributed by atoms with Crippen LogP contribution in [-0.4, -0.2) is 22.3 Å². The molecular weight excluding hydrogens is 196 g/mol. The van der Waals surface area contributed by atoms with Crippen LogP contribution in [-0.2, 0) is 15.5 Å². The minimum absolute atomic E-state index is 0.169. The molecule has 3 heteroatoms. The van der Waals surface area contributed by atoms with Gasteiger partial charge in [-0.3, -0.25) is 4.21 Å². The Bertz CT molecular complexity index is 225. The smallest absolute Gasteiger partial charge is 0.0938 e. The number of hydrogen-bond donors (Lipinski definition) is 0. The molecule has 0 aliphatic carbocycles. The molecule has 2 nitrogen and oxygen atoms in total. The molecule has 1 aliphatic heterocycles. The number of ether oxygens (including phenoxy) is 1. The Balaban J connectivity index is 2.51. The minimum Gasteiger partial charge on any atom is -0.501 e. The van der Waals surface area contributed by atoms with Crippen molar-refractivity contribution in [2.75, 3.05) is 18.1 Å². The molecule has 0 amide bonds. The molecule has 1 heterocycles. The van der Waals surface area contributed by atoms with E-state index >= 15 is 0 Å². The molecule has 0 spiro atoms. The molecule has 1 rings (SSSR count). The molecule has 1 aliphatic rings. The quantitative estimate of drug-likeness (QED) is 0.675. The zero-order chi connectivity index (χ0) is 10.4. The second-order valence-electron chi connectivity index (χ2n) is 4.03. The summed E-state index contributed by atoms with van der Waals surface area (Å²) in [6.07, 6.45) is 6.93. The maximum absolute atomic E-state index is 11.5. The highest BCUT2D eigenvalue weighted by molar-refractivity contribution is 7.85. The van der Waals surface area contributed by atoms with Crippen LogP contribution in [0, 0.1) is 5.41 Å². The lowest BCUT2D eigenvalue weighted by Crippen LogP contribution is -2.36. The van der Waals surface area contributed by atoms with Gasteiger partial charge in [0.25, 0.3) is 0 Å². The first-order valence-electron chi connectivity index (χ1n) is 5.30. The maximum Gasteiger partial charge on any atom is 0.0938 e. The van der Waals surface area contributed by atoms with Crippen molar-refractivity contribution in [3.05, 3.63) is 12.3 Å². The van der Waals surface area contributed by atoms with Crippen LogP contribution < -0.4 is 0 Å². The summed E-state index contributed by atoms with van der Waals surface area (Å²) in [6.45, 7) is 4.83. The SMILES string of the molecule is C/C=C/OCC1(CC)CCCS(=O)C1. The first-order valence-corrected chi connectivity index (χ1v) is 6.79. The van der Waals surface area contributed by atoms with Crippen LogP contribution in [0.5, 0.6) is 0 Å². The van der Waals surface area contributed by atoms with Crippen LogP contribution in [0.1, 0.15) is 33.1 Å². The van der Waals surface area contributed by atoms with Gasteiger partial charge in [0.15, 0.2) is 0 Å². The summed E-state index contributed by atoms with van der Waals surface area (Å²) < 4.78 is 17.0. The van der Waals surface area contributed by atoms with Gasteiger partial charge in [-0.15, -0.1) is 0 Å². The van der Waals surface area contributed by atoms with E-state index in [1.165, 1.54) is 0 Å². The average molecular weight is 216 g/mol. The normalized spacial score (nSPS) is 33.4. The van der Waals surface area contributed by atoms with Crippen molar-refractivity contribution in [3.63, 3.8) is 0 Å². The zero-order valence-corrected chi connectivity index (χ0v) is 9.94. The summed E-state index contributed by atoms with van der Waals surface area (Å²) in [5.41, 5.74) is 0.169. The predicted molar refractivity (Wildman–Crippen MR) is 60.6 cm³/mol. The van der Waals surface area contributed by atoms with E-state index in [4.69, 9.17) is 4.74 Å². The van der Waals surface area contributed by atoms with Crippen molar-refractivity contribution in [3.8, 4) is 0 Å². The molecule has 0 saturated carbocycles. The molecule has 2 atom stereocenters. The molecule has 0 aromatic carbocycles. The van der Waals surface area contributed by atoms with Crippen molar-refractivity contribution < 1.29 is 8.95 Å². The highest BCUT2D eigenvalue weighted by atomic mass is 32.2. The number of allylic oxidation sites excluding steroid dienone is 1. The van der Waals surface area contributed by atoms with E-state index in [1.54, 1.807) is 6.26 Å². The monoisotopic (exact) mass is 216 g/mol. The summed E-state index contributed by atoms with van der Waals surface area (Å²) in [4.78, 5) is 0. The topological polar surface area (TPSA) is 26.3 Å². The van der Waals surface area contributed by atoms with E-state index in [9.17, 15) is 4.21 Å². The van der Waals surface area contributed by atoms with Crippen LogP contribution in [0.2, 0.25) is 0 Å². The van der Waals surface area contributed by atoms with Crippen molar-refractivity contribution in [2.24, 2.45) is 5.41 Å². The van der Waals surface area contributed by atoms with Crippen LogP contribution in [0.15, 0.2) is 12.3 Å². The highest BCUT2D eigenvalue weighted by Gasteiger charge is 2.34. The van der Waals surface area contributed by atoms with Gasteiger partial charge in [0.2, 0.25) is 0 Å². The van der Waals surface area contributed by atoms with Gasteiger partial charge in [-0.25, -0.2) is 0 Å². The van der Waals surface area contributed by atoms with Gasteiger partial charge >= 0.3 is 0 Å². The van der Waals surface area contributed by atoms with Crippen molar-refractivity contribution >= 4 is 10.8 Å². The van der Waals surface area contributed by atoms with Gasteiger partial charge in [-0.1, -0.05) is 13.0 Å². The predicted octanol–water partition coefficient (Wildman–Crippen LogP) is 2.48. The fourth-order valence-corrected chi connectivity index (χ4v) is 3.64. The molecule has 2 unspecified atom stereocenters. The third kappa shape index (κ3) is 3.12. The third-order valence-electron chi connectivity index (χ3n) is 2.92. The largest absolute Gasteiger partial charge is 0.501 e. The lowest BCUT2D eigenvalue weighted by Gasteiger charge is -2.34. The van der Waals surface area contributed by atoms with E-state index in [1.807, 2.05) is 13.0 Å². The zero-order valence-electron chi connectivity index (χ0n) is 9.12. The van der Waals surface area contributed by atoms with E-state index in [2.05, 4.69) is 6.92 Å². The second-order valence-corrected chi connectivity index (χ2v) is 5.60. The summed E-state index contributed by atoms with van der Waals surface area (Å²) in [6, 6.07) is 0. The van der Waals surface area contributed by atoms with Crippen molar-refractivity contribution in [1.29, 1.82) is 0 Å². The number of rotatable bonds is 4. The summed E-state index contributed by atoms with van der Waals surface area (Å²) in [5.74, 6) is 1.70.